The summed E-state index contributed by atoms with van der Waals surface area (Å²) in [5.41, 5.74) is 6.84. The number of hydrazone groups is 1. The van der Waals surface area contributed by atoms with Crippen molar-refractivity contribution < 1.29 is 9.90 Å². The molecule has 0 saturated carbocycles. The van der Waals surface area contributed by atoms with Gasteiger partial charge in [-0.15, -0.1) is 0 Å². The summed E-state index contributed by atoms with van der Waals surface area (Å²) in [6, 6.07) is 17.0. The fourth-order valence-corrected chi connectivity index (χ4v) is 2.56. The number of carbonyl (C=O) groups excluding carboxylic acids is 1. The van der Waals surface area contributed by atoms with Crippen molar-refractivity contribution in [3.8, 4) is 5.75 Å². The summed E-state index contributed by atoms with van der Waals surface area (Å²) in [4.78, 5) is 12.0. The van der Waals surface area contributed by atoms with Gasteiger partial charge in [-0.25, -0.2) is 5.43 Å². The van der Waals surface area contributed by atoms with E-state index in [2.05, 4.69) is 20.8 Å². The average molecular weight is 407 g/mol. The van der Waals surface area contributed by atoms with Crippen LogP contribution in [0, 0.1) is 13.8 Å². The molecule has 3 aromatic rings. The number of amides is 1. The molecule has 0 radical (unpaired) electrons. The van der Waals surface area contributed by atoms with E-state index >= 15 is 0 Å². The van der Waals surface area contributed by atoms with Crippen molar-refractivity contribution in [1.82, 2.24) is 5.43 Å². The first-order valence-corrected chi connectivity index (χ1v) is 9.21. The lowest BCUT2D eigenvalue weighted by Crippen LogP contribution is -2.17. The number of hydrogen-bond donors (Lipinski definition) is 2. The number of phenolic OH excluding ortho intramolecular Hbond substituents is 1. The van der Waals surface area contributed by atoms with Crippen molar-refractivity contribution in [2.45, 2.75) is 13.8 Å². The number of nitrogens with zero attached hydrogens (tertiary/aromatic N) is 3. The van der Waals surface area contributed by atoms with Crippen molar-refractivity contribution >= 4 is 35.1 Å². The zero-order valence-electron chi connectivity index (χ0n) is 15.9. The van der Waals surface area contributed by atoms with Gasteiger partial charge in [-0.2, -0.15) is 15.3 Å². The van der Waals surface area contributed by atoms with E-state index in [0.717, 1.165) is 11.3 Å². The van der Waals surface area contributed by atoms with Crippen molar-refractivity contribution in [2.75, 3.05) is 0 Å². The van der Waals surface area contributed by atoms with Gasteiger partial charge in [-0.3, -0.25) is 4.79 Å². The predicted molar refractivity (Wildman–Crippen MR) is 115 cm³/mol. The number of azo groups is 1. The molecule has 0 bridgehead atoms. The van der Waals surface area contributed by atoms with Crippen LogP contribution in [-0.2, 0) is 0 Å². The van der Waals surface area contributed by atoms with Crippen LogP contribution >= 0.6 is 11.6 Å². The Morgan fingerprint density at radius 3 is 2.28 bits per heavy atom. The van der Waals surface area contributed by atoms with E-state index in [0.29, 0.717) is 21.8 Å². The Balaban J connectivity index is 1.70. The Morgan fingerprint density at radius 2 is 1.59 bits per heavy atom. The van der Waals surface area contributed by atoms with Crippen LogP contribution in [0.1, 0.15) is 27.0 Å². The molecule has 0 aliphatic rings. The van der Waals surface area contributed by atoms with E-state index in [4.69, 9.17) is 11.6 Å². The van der Waals surface area contributed by atoms with E-state index < -0.39 is 0 Å². The molecule has 3 rings (SSSR count). The summed E-state index contributed by atoms with van der Waals surface area (Å²) in [6.07, 6.45) is 1.35. The highest BCUT2D eigenvalue weighted by Crippen LogP contribution is 2.25. The topological polar surface area (TPSA) is 86.4 Å². The van der Waals surface area contributed by atoms with Gasteiger partial charge in [0.2, 0.25) is 0 Å². The number of benzene rings is 3. The third-order valence-corrected chi connectivity index (χ3v) is 4.51. The van der Waals surface area contributed by atoms with E-state index in [1.165, 1.54) is 17.8 Å². The van der Waals surface area contributed by atoms with Crippen LogP contribution in [-0.4, -0.2) is 17.2 Å². The number of aromatic hydroxyl groups is 1. The molecule has 0 aliphatic heterocycles. The lowest BCUT2D eigenvalue weighted by Gasteiger charge is -2.02. The summed E-state index contributed by atoms with van der Waals surface area (Å²) in [7, 11) is 0. The van der Waals surface area contributed by atoms with Crippen LogP contribution in [0.15, 0.2) is 76.0 Å². The van der Waals surface area contributed by atoms with Crippen LogP contribution in [0.4, 0.5) is 11.4 Å². The number of hydrogen-bond acceptors (Lipinski definition) is 5. The first-order valence-electron chi connectivity index (χ1n) is 8.83. The van der Waals surface area contributed by atoms with Gasteiger partial charge in [-0.05, 0) is 79.6 Å². The molecule has 0 saturated heterocycles. The van der Waals surface area contributed by atoms with E-state index in [1.807, 2.05) is 32.0 Å². The predicted octanol–water partition coefficient (Wildman–Crippen LogP) is 5.84. The Bertz CT molecular complexity index is 1090. The number of phenols is 1. The van der Waals surface area contributed by atoms with Crippen LogP contribution in [0.3, 0.4) is 0 Å². The summed E-state index contributed by atoms with van der Waals surface area (Å²) < 4.78 is 0. The highest BCUT2D eigenvalue weighted by molar-refractivity contribution is 6.30. The highest BCUT2D eigenvalue weighted by atomic mass is 35.5. The lowest BCUT2D eigenvalue weighted by atomic mass is 10.1. The van der Waals surface area contributed by atoms with Crippen molar-refractivity contribution in [2.24, 2.45) is 15.3 Å². The van der Waals surface area contributed by atoms with Gasteiger partial charge in [0.15, 0.2) is 0 Å². The zero-order valence-corrected chi connectivity index (χ0v) is 16.7. The Morgan fingerprint density at radius 1 is 0.931 bits per heavy atom. The second-order valence-electron chi connectivity index (χ2n) is 6.42. The summed E-state index contributed by atoms with van der Waals surface area (Å²) in [5.74, 6) is -0.373. The quantitative estimate of drug-likeness (QED) is 0.316. The Kier molecular flexibility index (Phi) is 6.36. The Labute approximate surface area is 173 Å². The van der Waals surface area contributed by atoms with Gasteiger partial charge in [0.05, 0.1) is 17.6 Å². The minimum absolute atomic E-state index is 0.0135. The molecule has 146 valence electrons. The van der Waals surface area contributed by atoms with E-state index in [1.54, 1.807) is 36.4 Å². The highest BCUT2D eigenvalue weighted by Gasteiger charge is 2.04. The molecule has 0 spiro atoms. The minimum Gasteiger partial charge on any atom is -0.507 e. The minimum atomic E-state index is -0.386. The molecule has 3 aromatic carbocycles. The molecule has 6 nitrogen and oxygen atoms in total. The number of rotatable bonds is 5. The molecular formula is C22H19ClN4O2. The van der Waals surface area contributed by atoms with Crippen LogP contribution in [0.25, 0.3) is 0 Å². The molecule has 2 N–H and O–H groups in total. The number of nitrogens with one attached hydrogen (secondary N) is 1. The van der Waals surface area contributed by atoms with Gasteiger partial charge in [0.1, 0.15) is 5.75 Å². The van der Waals surface area contributed by atoms with Crippen molar-refractivity contribution in [3.63, 3.8) is 0 Å². The molecule has 0 atom stereocenters. The maximum Gasteiger partial charge on any atom is 0.271 e. The summed E-state index contributed by atoms with van der Waals surface area (Å²) in [6.45, 7) is 4.05. The third kappa shape index (κ3) is 5.49. The normalized spacial score (nSPS) is 11.3. The molecule has 29 heavy (non-hydrogen) atoms. The van der Waals surface area contributed by atoms with Gasteiger partial charge >= 0.3 is 0 Å². The molecule has 7 heteroatoms. The van der Waals surface area contributed by atoms with Gasteiger partial charge in [-0.1, -0.05) is 17.7 Å². The first kappa shape index (κ1) is 20.2. The van der Waals surface area contributed by atoms with Gasteiger partial charge < -0.3 is 5.11 Å². The maximum atomic E-state index is 12.0. The van der Waals surface area contributed by atoms with Crippen LogP contribution in [0.2, 0.25) is 5.02 Å². The lowest BCUT2D eigenvalue weighted by molar-refractivity contribution is 0.0955. The molecule has 1 amide bonds. The van der Waals surface area contributed by atoms with Gasteiger partial charge in [0, 0.05) is 16.1 Å². The fraction of sp³-hybridized carbons (Fsp3) is 0.0909. The number of aryl methyl sites for hydroxylation is 2. The zero-order chi connectivity index (χ0) is 20.8. The second-order valence-corrected chi connectivity index (χ2v) is 6.85. The molecule has 0 aromatic heterocycles. The molecule has 0 unspecified atom stereocenters. The number of carbonyl (C=O) groups is 1. The Hall–Kier alpha value is -3.51. The van der Waals surface area contributed by atoms with Crippen LogP contribution < -0.4 is 5.43 Å². The van der Waals surface area contributed by atoms with Crippen LogP contribution in [0.5, 0.6) is 5.75 Å². The smallest absolute Gasteiger partial charge is 0.271 e. The molecule has 0 fully saturated rings. The first-order chi connectivity index (χ1) is 13.9. The summed E-state index contributed by atoms with van der Waals surface area (Å²) in [5, 5.41) is 22.9. The number of halogens is 1. The largest absolute Gasteiger partial charge is 0.507 e. The molecule has 0 aliphatic carbocycles. The van der Waals surface area contributed by atoms with Gasteiger partial charge in [0.25, 0.3) is 5.91 Å². The standard InChI is InChI=1S/C22H19ClN4O2/c1-14-3-8-19(11-15(14)2)25-26-20-9-10-21(28)17(12-20)13-24-27-22(29)16-4-6-18(23)7-5-16/h3-13,28H,1-2H3,(H,27,29). The third-order valence-electron chi connectivity index (χ3n) is 4.26. The summed E-state index contributed by atoms with van der Waals surface area (Å²) >= 11 is 5.81. The SMILES string of the molecule is Cc1ccc(N=Nc2ccc(O)c(C=NNC(=O)c3ccc(Cl)cc3)c2)cc1C. The van der Waals surface area contributed by atoms with Crippen molar-refractivity contribution in [3.05, 3.63) is 87.9 Å². The average Bonchev–Trinajstić information content (AvgIpc) is 2.71. The fourth-order valence-electron chi connectivity index (χ4n) is 2.44. The maximum absolute atomic E-state index is 12.0. The second kappa shape index (κ2) is 9.12. The van der Waals surface area contributed by atoms with E-state index in [9.17, 15) is 9.90 Å². The van der Waals surface area contributed by atoms with Crippen molar-refractivity contribution in [1.29, 1.82) is 0 Å². The molecular weight excluding hydrogens is 388 g/mol. The monoisotopic (exact) mass is 406 g/mol. The molecule has 0 heterocycles. The van der Waals surface area contributed by atoms with E-state index in [-0.39, 0.29) is 11.7 Å².